The first-order chi connectivity index (χ1) is 12.9. The van der Waals surface area contributed by atoms with Crippen LogP contribution in [0.1, 0.15) is 24.8 Å². The highest BCUT2D eigenvalue weighted by Crippen LogP contribution is 2.06. The molecule has 0 radical (unpaired) electrons. The summed E-state index contributed by atoms with van der Waals surface area (Å²) >= 11 is 3.93. The van der Waals surface area contributed by atoms with E-state index >= 15 is 0 Å². The van der Waals surface area contributed by atoms with Crippen LogP contribution in [0.15, 0.2) is 30.3 Å². The number of hydrogen-bond donors (Lipinski definition) is 6. The van der Waals surface area contributed by atoms with Crippen LogP contribution < -0.4 is 22.1 Å². The molecule has 0 aliphatic rings. The number of benzene rings is 1. The van der Waals surface area contributed by atoms with E-state index in [-0.39, 0.29) is 12.2 Å². The van der Waals surface area contributed by atoms with E-state index in [1.807, 2.05) is 30.3 Å². The zero-order chi connectivity index (χ0) is 20.2. The molecule has 3 atom stereocenters. The van der Waals surface area contributed by atoms with Gasteiger partial charge in [0.25, 0.3) is 0 Å². The molecule has 0 unspecified atom stereocenters. The molecule has 2 amide bonds. The fraction of sp³-hybridized carbons (Fsp3) is 0.500. The van der Waals surface area contributed by atoms with Crippen molar-refractivity contribution >= 4 is 30.4 Å². The number of carboxylic acid groups (broad SMARTS) is 1. The summed E-state index contributed by atoms with van der Waals surface area (Å²) < 4.78 is 0. The van der Waals surface area contributed by atoms with Crippen LogP contribution in [0.4, 0.5) is 0 Å². The van der Waals surface area contributed by atoms with Gasteiger partial charge in [-0.3, -0.25) is 9.59 Å². The first kappa shape index (κ1) is 22.9. The van der Waals surface area contributed by atoms with Crippen molar-refractivity contribution in [1.82, 2.24) is 10.6 Å². The number of thiol groups is 1. The minimum atomic E-state index is -1.19. The smallest absolute Gasteiger partial charge is 0.327 e. The maximum atomic E-state index is 12.6. The van der Waals surface area contributed by atoms with E-state index < -0.39 is 35.9 Å². The van der Waals surface area contributed by atoms with Crippen LogP contribution in [-0.2, 0) is 20.8 Å². The van der Waals surface area contributed by atoms with Gasteiger partial charge in [0.2, 0.25) is 11.8 Å². The highest BCUT2D eigenvalue weighted by atomic mass is 32.1. The standard InChI is InChI=1S/C18H28N4O4S/c19-9-5-4-8-13(20)16(23)21-14(10-12-6-2-1-3-7-12)17(24)22-15(11-27)18(25)26/h1-3,6-7,13-15,27H,4-5,8-11,19-20H2,(H,21,23)(H,22,24)(H,25,26)/t13-,14-,15-/m0/s1. The number of carbonyl (C=O) groups is 3. The molecule has 0 saturated carbocycles. The summed E-state index contributed by atoms with van der Waals surface area (Å²) in [6, 6.07) is 6.27. The largest absolute Gasteiger partial charge is 0.480 e. The summed E-state index contributed by atoms with van der Waals surface area (Å²) in [5, 5.41) is 14.1. The number of aliphatic carboxylic acids is 1. The number of nitrogens with two attached hydrogens (primary N) is 2. The van der Waals surface area contributed by atoms with Gasteiger partial charge in [0.05, 0.1) is 6.04 Å². The van der Waals surface area contributed by atoms with Crippen molar-refractivity contribution in [3.05, 3.63) is 35.9 Å². The Bertz CT molecular complexity index is 615. The molecule has 0 spiro atoms. The summed E-state index contributed by atoms with van der Waals surface area (Å²) in [7, 11) is 0. The lowest BCUT2D eigenvalue weighted by Crippen LogP contribution is -2.55. The Balaban J connectivity index is 2.82. The summed E-state index contributed by atoms with van der Waals surface area (Å²) in [6.45, 7) is 0.522. The van der Waals surface area contributed by atoms with E-state index in [0.717, 1.165) is 12.0 Å². The first-order valence-electron chi connectivity index (χ1n) is 8.83. The summed E-state index contributed by atoms with van der Waals surface area (Å²) in [5.74, 6) is -2.31. The Kier molecular flexibility index (Phi) is 10.5. The molecule has 8 nitrogen and oxygen atoms in total. The Hall–Kier alpha value is -2.10. The van der Waals surface area contributed by atoms with E-state index in [1.54, 1.807) is 0 Å². The monoisotopic (exact) mass is 396 g/mol. The van der Waals surface area contributed by atoms with Crippen LogP contribution >= 0.6 is 12.6 Å². The number of carbonyl (C=O) groups excluding carboxylic acids is 2. The van der Waals surface area contributed by atoms with Gasteiger partial charge in [0.15, 0.2) is 0 Å². The topological polar surface area (TPSA) is 148 Å². The van der Waals surface area contributed by atoms with Crippen LogP contribution in [0.3, 0.4) is 0 Å². The predicted octanol–water partition coefficient (Wildman–Crippen LogP) is -0.331. The maximum absolute atomic E-state index is 12.6. The fourth-order valence-electron chi connectivity index (χ4n) is 2.44. The maximum Gasteiger partial charge on any atom is 0.327 e. The SMILES string of the molecule is NCCCC[C@H](N)C(=O)N[C@@H](Cc1ccccc1)C(=O)N[C@@H](CS)C(=O)O. The third kappa shape index (κ3) is 8.42. The second-order valence-electron chi connectivity index (χ2n) is 6.22. The molecule has 9 heteroatoms. The Morgan fingerprint density at radius 2 is 1.67 bits per heavy atom. The molecule has 0 saturated heterocycles. The molecule has 1 aromatic carbocycles. The average Bonchev–Trinajstić information content (AvgIpc) is 2.65. The number of unbranched alkanes of at least 4 members (excludes halogenated alkanes) is 1. The molecule has 27 heavy (non-hydrogen) atoms. The number of carboxylic acids is 1. The van der Waals surface area contributed by atoms with Gasteiger partial charge in [-0.25, -0.2) is 4.79 Å². The zero-order valence-electron chi connectivity index (χ0n) is 15.1. The lowest BCUT2D eigenvalue weighted by atomic mass is 10.0. The van der Waals surface area contributed by atoms with Crippen LogP contribution in [0, 0.1) is 0 Å². The minimum absolute atomic E-state index is 0.0638. The van der Waals surface area contributed by atoms with Crippen molar-refractivity contribution < 1.29 is 19.5 Å². The van der Waals surface area contributed by atoms with Gasteiger partial charge in [-0.2, -0.15) is 12.6 Å². The van der Waals surface area contributed by atoms with Crippen LogP contribution in [0.25, 0.3) is 0 Å². The normalized spacial score (nSPS) is 14.0. The molecule has 0 heterocycles. The second kappa shape index (κ2) is 12.3. The van der Waals surface area contributed by atoms with Crippen LogP contribution in [-0.4, -0.2) is 53.3 Å². The van der Waals surface area contributed by atoms with Crippen molar-refractivity contribution in [2.24, 2.45) is 11.5 Å². The van der Waals surface area contributed by atoms with Gasteiger partial charge in [-0.05, 0) is 24.9 Å². The van der Waals surface area contributed by atoms with Crippen molar-refractivity contribution in [1.29, 1.82) is 0 Å². The number of nitrogens with one attached hydrogen (secondary N) is 2. The van der Waals surface area contributed by atoms with Crippen molar-refractivity contribution in [3.8, 4) is 0 Å². The van der Waals surface area contributed by atoms with Gasteiger partial charge >= 0.3 is 5.97 Å². The van der Waals surface area contributed by atoms with E-state index in [2.05, 4.69) is 23.3 Å². The highest BCUT2D eigenvalue weighted by molar-refractivity contribution is 7.80. The Labute approximate surface area is 164 Å². The molecule has 0 bridgehead atoms. The number of hydrogen-bond acceptors (Lipinski definition) is 6. The van der Waals surface area contributed by atoms with Crippen molar-refractivity contribution in [2.45, 2.75) is 43.8 Å². The lowest BCUT2D eigenvalue weighted by molar-refractivity contribution is -0.141. The first-order valence-corrected chi connectivity index (χ1v) is 9.46. The molecule has 0 aliphatic carbocycles. The van der Waals surface area contributed by atoms with Crippen molar-refractivity contribution in [2.75, 3.05) is 12.3 Å². The van der Waals surface area contributed by atoms with Gasteiger partial charge in [0.1, 0.15) is 12.1 Å². The van der Waals surface area contributed by atoms with E-state index in [4.69, 9.17) is 16.6 Å². The number of rotatable bonds is 12. The van der Waals surface area contributed by atoms with Crippen molar-refractivity contribution in [3.63, 3.8) is 0 Å². The Morgan fingerprint density at radius 3 is 2.22 bits per heavy atom. The lowest BCUT2D eigenvalue weighted by Gasteiger charge is -2.22. The molecular formula is C18H28N4O4S. The molecule has 150 valence electrons. The van der Waals surface area contributed by atoms with E-state index in [9.17, 15) is 14.4 Å². The third-order valence-electron chi connectivity index (χ3n) is 4.02. The van der Waals surface area contributed by atoms with E-state index in [0.29, 0.717) is 19.4 Å². The zero-order valence-corrected chi connectivity index (χ0v) is 16.0. The van der Waals surface area contributed by atoms with E-state index in [1.165, 1.54) is 0 Å². The molecule has 7 N–H and O–H groups in total. The molecule has 0 fully saturated rings. The number of amides is 2. The third-order valence-corrected chi connectivity index (χ3v) is 4.38. The molecule has 0 aromatic heterocycles. The minimum Gasteiger partial charge on any atom is -0.480 e. The Morgan fingerprint density at radius 1 is 1.04 bits per heavy atom. The van der Waals surface area contributed by atoms with Crippen LogP contribution in [0.2, 0.25) is 0 Å². The summed E-state index contributed by atoms with van der Waals surface area (Å²) in [6.07, 6.45) is 2.14. The molecule has 1 aromatic rings. The fourth-order valence-corrected chi connectivity index (χ4v) is 2.68. The summed E-state index contributed by atoms with van der Waals surface area (Å²) in [4.78, 5) is 36.1. The highest BCUT2D eigenvalue weighted by Gasteiger charge is 2.27. The van der Waals surface area contributed by atoms with Gasteiger partial charge in [-0.15, -0.1) is 0 Å². The predicted molar refractivity (Wildman–Crippen MR) is 106 cm³/mol. The molecule has 0 aliphatic heterocycles. The molecular weight excluding hydrogens is 368 g/mol. The van der Waals surface area contributed by atoms with Gasteiger partial charge in [0, 0.05) is 12.2 Å². The second-order valence-corrected chi connectivity index (χ2v) is 6.59. The molecule has 1 rings (SSSR count). The quantitative estimate of drug-likeness (QED) is 0.211. The van der Waals surface area contributed by atoms with Gasteiger partial charge in [-0.1, -0.05) is 36.8 Å². The summed E-state index contributed by atoms with van der Waals surface area (Å²) in [5.41, 5.74) is 12.1. The van der Waals surface area contributed by atoms with Gasteiger partial charge < -0.3 is 27.2 Å². The van der Waals surface area contributed by atoms with Crippen LogP contribution in [0.5, 0.6) is 0 Å². The average molecular weight is 397 g/mol.